The van der Waals surface area contributed by atoms with Crippen molar-refractivity contribution < 1.29 is 9.90 Å². The van der Waals surface area contributed by atoms with E-state index in [0.717, 1.165) is 0 Å². The number of aliphatic hydroxyl groups excluding tert-OH is 1. The average molecular weight is 244 g/mol. The summed E-state index contributed by atoms with van der Waals surface area (Å²) in [6, 6.07) is 0. The first-order valence-corrected chi connectivity index (χ1v) is 5.37. The topological polar surface area (TPSA) is 75.1 Å². The molecule has 0 aliphatic rings. The third-order valence-corrected chi connectivity index (χ3v) is 2.39. The summed E-state index contributed by atoms with van der Waals surface area (Å²) >= 11 is 5.77. The van der Waals surface area contributed by atoms with Crippen LogP contribution in [0.2, 0.25) is 5.02 Å². The first kappa shape index (κ1) is 12.9. The fourth-order valence-corrected chi connectivity index (χ4v) is 1.34. The zero-order valence-electron chi connectivity index (χ0n) is 8.98. The van der Waals surface area contributed by atoms with E-state index in [4.69, 9.17) is 16.7 Å². The van der Waals surface area contributed by atoms with Crippen molar-refractivity contribution in [3.8, 4) is 0 Å². The zero-order valence-corrected chi connectivity index (χ0v) is 9.74. The Hall–Kier alpha value is -1.20. The summed E-state index contributed by atoms with van der Waals surface area (Å²) in [5.74, 6) is -0.105. The summed E-state index contributed by atoms with van der Waals surface area (Å²) in [6.45, 7) is 2.54. The van der Waals surface area contributed by atoms with Crippen LogP contribution < -0.4 is 5.32 Å². The van der Waals surface area contributed by atoms with Gasteiger partial charge in [-0.3, -0.25) is 4.79 Å². The quantitative estimate of drug-likeness (QED) is 0.805. The Labute approximate surface area is 98.9 Å². The second-order valence-corrected chi connectivity index (χ2v) is 3.95. The van der Waals surface area contributed by atoms with Gasteiger partial charge in [-0.15, -0.1) is 0 Å². The zero-order chi connectivity index (χ0) is 12.0. The van der Waals surface area contributed by atoms with Gasteiger partial charge in [-0.1, -0.05) is 18.5 Å². The number of rotatable bonds is 5. The maximum Gasteiger partial charge on any atom is 0.271 e. The molecule has 1 heterocycles. The number of nitrogens with zero attached hydrogens (tertiary/aromatic N) is 2. The predicted molar refractivity (Wildman–Crippen MR) is 60.2 cm³/mol. The maximum atomic E-state index is 11.6. The van der Waals surface area contributed by atoms with E-state index in [-0.39, 0.29) is 29.1 Å². The van der Waals surface area contributed by atoms with Crippen LogP contribution >= 0.6 is 11.6 Å². The van der Waals surface area contributed by atoms with Gasteiger partial charge in [0, 0.05) is 19.3 Å². The van der Waals surface area contributed by atoms with E-state index in [1.165, 1.54) is 12.5 Å². The van der Waals surface area contributed by atoms with Crippen molar-refractivity contribution in [2.24, 2.45) is 5.92 Å². The summed E-state index contributed by atoms with van der Waals surface area (Å²) < 4.78 is 0. The van der Waals surface area contributed by atoms with Crippen molar-refractivity contribution >= 4 is 17.5 Å². The first-order chi connectivity index (χ1) is 7.65. The molecule has 0 saturated carbocycles. The monoisotopic (exact) mass is 243 g/mol. The Balaban J connectivity index is 2.50. The smallest absolute Gasteiger partial charge is 0.271 e. The minimum atomic E-state index is -0.322. The fraction of sp³-hybridized carbons (Fsp3) is 0.500. The van der Waals surface area contributed by atoms with Gasteiger partial charge in [0.15, 0.2) is 0 Å². The van der Waals surface area contributed by atoms with Gasteiger partial charge >= 0.3 is 0 Å². The van der Waals surface area contributed by atoms with Crippen molar-refractivity contribution in [2.45, 2.75) is 13.3 Å². The molecule has 1 amide bonds. The van der Waals surface area contributed by atoms with Gasteiger partial charge in [-0.05, 0) is 12.3 Å². The fourth-order valence-electron chi connectivity index (χ4n) is 1.15. The lowest BCUT2D eigenvalue weighted by molar-refractivity contribution is 0.0940. The lowest BCUT2D eigenvalue weighted by Crippen LogP contribution is -2.29. The Morgan fingerprint density at radius 2 is 2.44 bits per heavy atom. The number of aliphatic hydroxyl groups is 1. The van der Waals surface area contributed by atoms with Crippen LogP contribution in [0.25, 0.3) is 0 Å². The van der Waals surface area contributed by atoms with Crippen molar-refractivity contribution in [1.82, 2.24) is 15.3 Å². The number of aromatic nitrogens is 2. The maximum absolute atomic E-state index is 11.6. The van der Waals surface area contributed by atoms with Gasteiger partial charge in [0.1, 0.15) is 12.0 Å². The van der Waals surface area contributed by atoms with Crippen molar-refractivity contribution in [3.05, 3.63) is 23.2 Å². The van der Waals surface area contributed by atoms with Gasteiger partial charge in [0.05, 0.1) is 5.02 Å². The molecule has 0 aliphatic carbocycles. The van der Waals surface area contributed by atoms with E-state index in [9.17, 15) is 4.79 Å². The molecule has 16 heavy (non-hydrogen) atoms. The summed E-state index contributed by atoms with van der Waals surface area (Å²) in [5, 5.41) is 11.6. The van der Waals surface area contributed by atoms with Gasteiger partial charge in [-0.25, -0.2) is 9.97 Å². The number of nitrogens with one attached hydrogen (secondary N) is 1. The van der Waals surface area contributed by atoms with Crippen molar-refractivity contribution in [2.75, 3.05) is 13.2 Å². The van der Waals surface area contributed by atoms with Gasteiger partial charge < -0.3 is 10.4 Å². The molecule has 0 radical (unpaired) electrons. The van der Waals surface area contributed by atoms with Gasteiger partial charge in [-0.2, -0.15) is 0 Å². The predicted octanol–water partition coefficient (Wildman–Crippen LogP) is 0.878. The van der Waals surface area contributed by atoms with Gasteiger partial charge in [0.2, 0.25) is 0 Å². The minimum absolute atomic E-state index is 0.116. The third kappa shape index (κ3) is 3.75. The third-order valence-electron chi connectivity index (χ3n) is 2.12. The molecular formula is C10H14ClN3O2. The number of carbonyl (C=O) groups excluding carboxylic acids is 1. The Morgan fingerprint density at radius 1 is 1.69 bits per heavy atom. The van der Waals surface area contributed by atoms with Crippen LogP contribution in [0.1, 0.15) is 23.8 Å². The molecule has 1 unspecified atom stereocenters. The molecule has 0 fully saturated rings. The second-order valence-electron chi connectivity index (χ2n) is 3.55. The minimum Gasteiger partial charge on any atom is -0.396 e. The molecule has 88 valence electrons. The molecule has 0 spiro atoms. The van der Waals surface area contributed by atoms with Crippen LogP contribution in [0.4, 0.5) is 0 Å². The highest BCUT2D eigenvalue weighted by Crippen LogP contribution is 2.10. The molecular weight excluding hydrogens is 230 g/mol. The first-order valence-electron chi connectivity index (χ1n) is 4.99. The Kier molecular flexibility index (Phi) is 5.14. The summed E-state index contributed by atoms with van der Waals surface area (Å²) in [6.07, 6.45) is 3.30. The van der Waals surface area contributed by atoms with Crippen LogP contribution in [0.15, 0.2) is 12.5 Å². The lowest BCUT2D eigenvalue weighted by Gasteiger charge is -2.10. The van der Waals surface area contributed by atoms with Gasteiger partial charge in [0.25, 0.3) is 5.91 Å². The summed E-state index contributed by atoms with van der Waals surface area (Å²) in [5.41, 5.74) is 0.174. The molecule has 1 aromatic heterocycles. The second kappa shape index (κ2) is 6.40. The number of amides is 1. The molecule has 1 atom stereocenters. The van der Waals surface area contributed by atoms with Crippen LogP contribution in [-0.2, 0) is 0 Å². The molecule has 1 rings (SSSR count). The summed E-state index contributed by atoms with van der Waals surface area (Å²) in [7, 11) is 0. The van der Waals surface area contributed by atoms with E-state index < -0.39 is 0 Å². The standard InChI is InChI=1S/C10H14ClN3O2/c1-7(2-3-15)4-13-10(16)9-8(11)5-12-6-14-9/h5-7,15H,2-4H2,1H3,(H,13,16). The highest BCUT2D eigenvalue weighted by Gasteiger charge is 2.12. The van der Waals surface area contributed by atoms with Crippen LogP contribution in [0, 0.1) is 5.92 Å². The van der Waals surface area contributed by atoms with E-state index in [1.807, 2.05) is 6.92 Å². The average Bonchev–Trinajstić information content (AvgIpc) is 2.27. The summed E-state index contributed by atoms with van der Waals surface area (Å²) in [4.78, 5) is 19.1. The Bertz CT molecular complexity index is 360. The number of carbonyl (C=O) groups is 1. The van der Waals surface area contributed by atoms with Crippen molar-refractivity contribution in [3.63, 3.8) is 0 Å². The van der Waals surface area contributed by atoms with E-state index in [0.29, 0.717) is 13.0 Å². The highest BCUT2D eigenvalue weighted by atomic mass is 35.5. The molecule has 0 bridgehead atoms. The largest absolute Gasteiger partial charge is 0.396 e. The molecule has 6 heteroatoms. The number of halogens is 1. The van der Waals surface area contributed by atoms with E-state index in [2.05, 4.69) is 15.3 Å². The van der Waals surface area contributed by atoms with E-state index >= 15 is 0 Å². The molecule has 0 aliphatic heterocycles. The normalized spacial score (nSPS) is 12.2. The Morgan fingerprint density at radius 3 is 3.06 bits per heavy atom. The van der Waals surface area contributed by atoms with E-state index in [1.54, 1.807) is 0 Å². The molecule has 5 nitrogen and oxygen atoms in total. The highest BCUT2D eigenvalue weighted by molar-refractivity contribution is 6.33. The molecule has 2 N–H and O–H groups in total. The SMILES string of the molecule is CC(CCO)CNC(=O)c1ncncc1Cl. The van der Waals surface area contributed by atoms with Crippen LogP contribution in [-0.4, -0.2) is 34.1 Å². The molecule has 0 aromatic carbocycles. The van der Waals surface area contributed by atoms with Crippen LogP contribution in [0.5, 0.6) is 0 Å². The number of hydrogen-bond acceptors (Lipinski definition) is 4. The number of hydrogen-bond donors (Lipinski definition) is 2. The van der Waals surface area contributed by atoms with Crippen molar-refractivity contribution in [1.29, 1.82) is 0 Å². The van der Waals surface area contributed by atoms with Crippen LogP contribution in [0.3, 0.4) is 0 Å². The molecule has 1 aromatic rings. The lowest BCUT2D eigenvalue weighted by atomic mass is 10.1. The molecule has 0 saturated heterocycles.